The predicted molar refractivity (Wildman–Crippen MR) is 117 cm³/mol. The summed E-state index contributed by atoms with van der Waals surface area (Å²) in [6, 6.07) is 13.0. The minimum atomic E-state index is -3.71. The zero-order chi connectivity index (χ0) is 21.2. The molecule has 10 heteroatoms. The number of carbonyl (C=O) groups is 1. The molecular weight excluding hydrogens is 432 g/mol. The molecule has 0 radical (unpaired) electrons. The molecule has 0 saturated heterocycles. The summed E-state index contributed by atoms with van der Waals surface area (Å²) in [6.45, 7) is 3.50. The Kier molecular flexibility index (Phi) is 6.21. The van der Waals surface area contributed by atoms with Crippen LogP contribution in [-0.2, 0) is 14.8 Å². The van der Waals surface area contributed by atoms with Crippen LogP contribution in [0.4, 0.5) is 10.8 Å². The molecule has 0 bridgehead atoms. The second-order valence-corrected chi connectivity index (χ2v) is 9.75. The smallest absolute Gasteiger partial charge is 0.249 e. The highest BCUT2D eigenvalue weighted by atomic mass is 35.5. The van der Waals surface area contributed by atoms with Gasteiger partial charge in [0.15, 0.2) is 0 Å². The van der Waals surface area contributed by atoms with Crippen LogP contribution in [0.1, 0.15) is 12.5 Å². The van der Waals surface area contributed by atoms with E-state index < -0.39 is 22.0 Å². The Morgan fingerprint density at radius 3 is 2.31 bits per heavy atom. The van der Waals surface area contributed by atoms with E-state index in [4.69, 9.17) is 11.6 Å². The van der Waals surface area contributed by atoms with Gasteiger partial charge in [-0.05, 0) is 38.1 Å². The number of halogens is 1. The maximum absolute atomic E-state index is 12.7. The fraction of sp³-hybridized carbons (Fsp3) is 0.211. The average Bonchev–Trinajstić information content (AvgIpc) is 3.11. The molecule has 0 unspecified atom stereocenters. The minimum absolute atomic E-state index is 0.294. The maximum atomic E-state index is 12.7. The third-order valence-corrected chi connectivity index (χ3v) is 6.50. The maximum Gasteiger partial charge on any atom is 0.249 e. The zero-order valence-corrected chi connectivity index (χ0v) is 18.3. The molecule has 2 aromatic carbocycles. The van der Waals surface area contributed by atoms with Crippen LogP contribution in [-0.4, -0.2) is 36.8 Å². The van der Waals surface area contributed by atoms with Crippen LogP contribution < -0.4 is 9.62 Å². The van der Waals surface area contributed by atoms with Crippen LogP contribution in [0.2, 0.25) is 5.02 Å². The third kappa shape index (κ3) is 5.11. The molecule has 0 aliphatic heterocycles. The Morgan fingerprint density at radius 1 is 1.10 bits per heavy atom. The van der Waals surface area contributed by atoms with E-state index in [0.717, 1.165) is 21.7 Å². The number of anilines is 2. The number of nitrogens with one attached hydrogen (secondary N) is 1. The second-order valence-electron chi connectivity index (χ2n) is 6.48. The molecule has 1 aromatic heterocycles. The number of aryl methyl sites for hydroxylation is 1. The van der Waals surface area contributed by atoms with Gasteiger partial charge in [0.05, 0.1) is 11.9 Å². The van der Waals surface area contributed by atoms with Gasteiger partial charge in [-0.25, -0.2) is 8.42 Å². The molecule has 0 fully saturated rings. The lowest BCUT2D eigenvalue weighted by Crippen LogP contribution is -2.45. The lowest BCUT2D eigenvalue weighted by atomic mass is 10.2. The largest absolute Gasteiger partial charge is 0.299 e. The first kappa shape index (κ1) is 21.2. The molecule has 3 rings (SSSR count). The lowest BCUT2D eigenvalue weighted by Gasteiger charge is -2.27. The van der Waals surface area contributed by atoms with Gasteiger partial charge in [-0.2, -0.15) is 0 Å². The highest BCUT2D eigenvalue weighted by Gasteiger charge is 2.29. The van der Waals surface area contributed by atoms with Crippen molar-refractivity contribution in [2.24, 2.45) is 0 Å². The first-order valence-electron chi connectivity index (χ1n) is 8.61. The monoisotopic (exact) mass is 450 g/mol. The van der Waals surface area contributed by atoms with Crippen molar-refractivity contribution in [2.45, 2.75) is 19.9 Å². The van der Waals surface area contributed by atoms with Gasteiger partial charge in [0.1, 0.15) is 11.0 Å². The van der Waals surface area contributed by atoms with Gasteiger partial charge < -0.3 is 0 Å². The first-order chi connectivity index (χ1) is 13.6. The number of nitrogens with zero attached hydrogens (tertiary/aromatic N) is 3. The van der Waals surface area contributed by atoms with Gasteiger partial charge >= 0.3 is 0 Å². The van der Waals surface area contributed by atoms with Crippen LogP contribution in [0.5, 0.6) is 0 Å². The van der Waals surface area contributed by atoms with Crippen LogP contribution in [0.25, 0.3) is 10.6 Å². The molecule has 0 aliphatic rings. The van der Waals surface area contributed by atoms with Crippen molar-refractivity contribution in [2.75, 3.05) is 15.9 Å². The minimum Gasteiger partial charge on any atom is -0.299 e. The molecule has 1 heterocycles. The Morgan fingerprint density at radius 2 is 1.72 bits per heavy atom. The van der Waals surface area contributed by atoms with E-state index in [9.17, 15) is 13.2 Å². The molecule has 0 spiro atoms. The van der Waals surface area contributed by atoms with Crippen molar-refractivity contribution in [3.05, 3.63) is 59.1 Å². The first-order valence-corrected chi connectivity index (χ1v) is 11.7. The number of benzene rings is 2. The normalized spacial score (nSPS) is 12.4. The van der Waals surface area contributed by atoms with Crippen molar-refractivity contribution in [3.63, 3.8) is 0 Å². The van der Waals surface area contributed by atoms with Gasteiger partial charge in [0.25, 0.3) is 0 Å². The number of hydrogen-bond donors (Lipinski definition) is 1. The third-order valence-electron chi connectivity index (χ3n) is 4.12. The quantitative estimate of drug-likeness (QED) is 0.613. The molecule has 29 heavy (non-hydrogen) atoms. The highest BCUT2D eigenvalue weighted by Crippen LogP contribution is 2.28. The number of hydrogen-bond acceptors (Lipinski definition) is 6. The standard InChI is InChI=1S/C19H19ClN4O3S2/c1-12-4-6-14(7-5-12)18-22-23-19(28-18)21-17(25)13(2)24(29(3,26)27)16-10-8-15(20)9-11-16/h4-11,13H,1-3H3,(H,21,23,25)/t13-/m1/s1. The lowest BCUT2D eigenvalue weighted by molar-refractivity contribution is -0.116. The van der Waals surface area contributed by atoms with E-state index in [1.54, 1.807) is 24.3 Å². The summed E-state index contributed by atoms with van der Waals surface area (Å²) in [7, 11) is -3.71. The SMILES string of the molecule is Cc1ccc(-c2nnc(NC(=O)[C@@H](C)N(c3ccc(Cl)cc3)S(C)(=O)=O)s2)cc1. The zero-order valence-electron chi connectivity index (χ0n) is 16.0. The van der Waals surface area contributed by atoms with Crippen LogP contribution in [0.15, 0.2) is 48.5 Å². The summed E-state index contributed by atoms with van der Waals surface area (Å²) in [4.78, 5) is 12.7. The summed E-state index contributed by atoms with van der Waals surface area (Å²) >= 11 is 7.10. The Hall–Kier alpha value is -2.49. The molecule has 1 N–H and O–H groups in total. The van der Waals surface area contributed by atoms with Gasteiger partial charge in [0.2, 0.25) is 21.1 Å². The van der Waals surface area contributed by atoms with Crippen LogP contribution >= 0.6 is 22.9 Å². The molecule has 0 aliphatic carbocycles. The summed E-state index contributed by atoms with van der Waals surface area (Å²) in [6.07, 6.45) is 1.05. The van der Waals surface area contributed by atoms with Crippen molar-refractivity contribution in [1.29, 1.82) is 0 Å². The topological polar surface area (TPSA) is 92.3 Å². The number of sulfonamides is 1. The van der Waals surface area contributed by atoms with Gasteiger partial charge in [-0.3, -0.25) is 14.4 Å². The van der Waals surface area contributed by atoms with E-state index in [0.29, 0.717) is 20.8 Å². The molecule has 152 valence electrons. The Bertz CT molecular complexity index is 1110. The van der Waals surface area contributed by atoms with Gasteiger partial charge in [-0.1, -0.05) is 52.8 Å². The van der Waals surface area contributed by atoms with Crippen molar-refractivity contribution >= 4 is 49.7 Å². The summed E-state index contributed by atoms with van der Waals surface area (Å²) in [5, 5.41) is 12.2. The van der Waals surface area contributed by atoms with Gasteiger partial charge in [0, 0.05) is 10.6 Å². The van der Waals surface area contributed by atoms with Crippen LogP contribution in [0, 0.1) is 6.92 Å². The van der Waals surface area contributed by atoms with Crippen molar-refractivity contribution in [3.8, 4) is 10.6 Å². The molecule has 0 saturated carbocycles. The van der Waals surface area contributed by atoms with E-state index >= 15 is 0 Å². The van der Waals surface area contributed by atoms with Crippen LogP contribution in [0.3, 0.4) is 0 Å². The second kappa shape index (κ2) is 8.48. The average molecular weight is 451 g/mol. The Labute approximate surface area is 178 Å². The Balaban J connectivity index is 1.80. The van der Waals surface area contributed by atoms with Crippen molar-refractivity contribution in [1.82, 2.24) is 10.2 Å². The number of amides is 1. The molecular formula is C19H19ClN4O3S2. The number of rotatable bonds is 6. The van der Waals surface area contributed by atoms with E-state index in [-0.39, 0.29) is 0 Å². The van der Waals surface area contributed by atoms with E-state index in [1.165, 1.54) is 18.3 Å². The van der Waals surface area contributed by atoms with E-state index in [2.05, 4.69) is 15.5 Å². The fourth-order valence-electron chi connectivity index (χ4n) is 2.69. The summed E-state index contributed by atoms with van der Waals surface area (Å²) in [5.74, 6) is -0.517. The predicted octanol–water partition coefficient (Wildman–Crippen LogP) is 3.96. The molecule has 7 nitrogen and oxygen atoms in total. The molecule has 1 atom stereocenters. The van der Waals surface area contributed by atoms with E-state index in [1.807, 2.05) is 31.2 Å². The number of carbonyl (C=O) groups excluding carboxylic acids is 1. The fourth-order valence-corrected chi connectivity index (χ4v) is 4.75. The van der Waals surface area contributed by atoms with Gasteiger partial charge in [-0.15, -0.1) is 10.2 Å². The highest BCUT2D eigenvalue weighted by molar-refractivity contribution is 7.92. The molecule has 1 amide bonds. The summed E-state index contributed by atoms with van der Waals surface area (Å²) in [5.41, 5.74) is 2.36. The summed E-state index contributed by atoms with van der Waals surface area (Å²) < 4.78 is 25.7. The molecule has 3 aromatic rings. The number of aromatic nitrogens is 2. The van der Waals surface area contributed by atoms with Crippen molar-refractivity contribution < 1.29 is 13.2 Å².